The fourth-order valence-corrected chi connectivity index (χ4v) is 4.09. The maximum atomic E-state index is 12.1. The number of rotatable bonds is 5. The lowest BCUT2D eigenvalue weighted by Gasteiger charge is -2.00. The van der Waals surface area contributed by atoms with Crippen LogP contribution in [0.1, 0.15) is 22.3 Å². The molecule has 10 heteroatoms. The number of thiazole rings is 1. The number of hydrogen-bond acceptors (Lipinski definition) is 8. The third-order valence-corrected chi connectivity index (χ3v) is 5.81. The van der Waals surface area contributed by atoms with Crippen LogP contribution in [0.4, 0.5) is 5.13 Å². The van der Waals surface area contributed by atoms with Gasteiger partial charge in [-0.15, -0.1) is 10.2 Å². The Morgan fingerprint density at radius 3 is 2.81 bits per heavy atom. The van der Waals surface area contributed by atoms with Crippen molar-refractivity contribution in [1.82, 2.24) is 25.1 Å². The molecule has 1 aromatic carbocycles. The second-order valence-electron chi connectivity index (χ2n) is 5.79. The second-order valence-corrected chi connectivity index (χ2v) is 7.73. The number of nitrogens with zero attached hydrogens (tertiary/aromatic N) is 4. The lowest BCUT2D eigenvalue weighted by Crippen LogP contribution is -2.14. The number of amides is 1. The van der Waals surface area contributed by atoms with Crippen molar-refractivity contribution in [3.05, 3.63) is 34.8 Å². The van der Waals surface area contributed by atoms with E-state index in [-0.39, 0.29) is 17.4 Å². The largest absolute Gasteiger partial charge is 0.338 e. The van der Waals surface area contributed by atoms with E-state index in [1.807, 2.05) is 24.3 Å². The Hall–Kier alpha value is -2.85. The van der Waals surface area contributed by atoms with E-state index in [1.165, 1.54) is 30.0 Å². The van der Waals surface area contributed by atoms with Gasteiger partial charge in [0.2, 0.25) is 11.1 Å². The Balaban J connectivity index is 1.45. The van der Waals surface area contributed by atoms with Gasteiger partial charge in [-0.05, 0) is 13.0 Å². The monoisotopic (exact) mass is 398 g/mol. The number of hydrogen-bond donors (Lipinski definition) is 2. The molecule has 4 rings (SSSR count). The van der Waals surface area contributed by atoms with Crippen LogP contribution in [0.5, 0.6) is 0 Å². The van der Waals surface area contributed by atoms with Crippen LogP contribution in [0.2, 0.25) is 0 Å². The van der Waals surface area contributed by atoms with Gasteiger partial charge < -0.3 is 10.3 Å². The Kier molecular flexibility index (Phi) is 4.58. The van der Waals surface area contributed by atoms with Gasteiger partial charge in [0.05, 0.1) is 16.3 Å². The van der Waals surface area contributed by atoms with Gasteiger partial charge in [-0.2, -0.15) is 0 Å². The lowest BCUT2D eigenvalue weighted by molar-refractivity contribution is -0.113. The van der Waals surface area contributed by atoms with Crippen molar-refractivity contribution < 1.29 is 9.59 Å². The number of Topliss-reactive ketones (excluding diaryl/α,β-unsaturated/α-hetero) is 1. The number of thioether (sulfide) groups is 1. The maximum Gasteiger partial charge on any atom is 0.236 e. The SMILES string of the molecule is CC(=O)c1sc(NC(=O)CSc2nnc3c(n2)[nH]c2ccccc23)nc1C. The molecule has 136 valence electrons. The van der Waals surface area contributed by atoms with Gasteiger partial charge in [-0.3, -0.25) is 9.59 Å². The minimum Gasteiger partial charge on any atom is -0.338 e. The third-order valence-electron chi connectivity index (χ3n) is 3.80. The summed E-state index contributed by atoms with van der Waals surface area (Å²) in [5.41, 5.74) is 2.90. The molecular formula is C17H14N6O2S2. The summed E-state index contributed by atoms with van der Waals surface area (Å²) in [4.78, 5) is 36.0. The van der Waals surface area contributed by atoms with E-state index in [4.69, 9.17) is 0 Å². The van der Waals surface area contributed by atoms with Crippen molar-refractivity contribution in [1.29, 1.82) is 0 Å². The van der Waals surface area contributed by atoms with Crippen molar-refractivity contribution in [3.8, 4) is 0 Å². The topological polar surface area (TPSA) is 114 Å². The van der Waals surface area contributed by atoms with Crippen molar-refractivity contribution >= 4 is 62.0 Å². The molecule has 0 saturated heterocycles. The molecule has 4 aromatic rings. The number of fused-ring (bicyclic) bond motifs is 3. The number of para-hydroxylation sites is 1. The summed E-state index contributed by atoms with van der Waals surface area (Å²) in [5.74, 6) is -0.197. The molecule has 0 spiro atoms. The van der Waals surface area contributed by atoms with Crippen molar-refractivity contribution in [2.45, 2.75) is 19.0 Å². The molecule has 0 bridgehead atoms. The van der Waals surface area contributed by atoms with Gasteiger partial charge in [0, 0.05) is 17.8 Å². The van der Waals surface area contributed by atoms with Crippen molar-refractivity contribution in [2.24, 2.45) is 0 Å². The number of nitrogens with one attached hydrogen (secondary N) is 2. The Bertz CT molecular complexity index is 1180. The molecule has 0 aliphatic rings. The Morgan fingerprint density at radius 2 is 2.04 bits per heavy atom. The fraction of sp³-hybridized carbons (Fsp3) is 0.176. The molecule has 3 aromatic heterocycles. The number of aromatic amines is 1. The fourth-order valence-electron chi connectivity index (χ4n) is 2.63. The first-order valence-electron chi connectivity index (χ1n) is 8.03. The van der Waals surface area contributed by atoms with E-state index < -0.39 is 0 Å². The van der Waals surface area contributed by atoms with Crippen LogP contribution in [0.15, 0.2) is 29.4 Å². The number of anilines is 1. The molecule has 8 nitrogen and oxygen atoms in total. The maximum absolute atomic E-state index is 12.1. The number of carbonyl (C=O) groups excluding carboxylic acids is 2. The van der Waals surface area contributed by atoms with Gasteiger partial charge in [-0.1, -0.05) is 41.3 Å². The van der Waals surface area contributed by atoms with E-state index >= 15 is 0 Å². The van der Waals surface area contributed by atoms with Gasteiger partial charge in [0.1, 0.15) is 5.52 Å². The van der Waals surface area contributed by atoms with Gasteiger partial charge in [0.25, 0.3) is 0 Å². The highest BCUT2D eigenvalue weighted by Gasteiger charge is 2.14. The second kappa shape index (κ2) is 7.05. The molecule has 0 aliphatic carbocycles. The van der Waals surface area contributed by atoms with E-state index in [2.05, 4.69) is 30.5 Å². The molecule has 1 amide bonds. The zero-order chi connectivity index (χ0) is 19.0. The standard InChI is InChI=1S/C17H14N6O2S2/c1-8-14(9(2)24)27-16(18-8)20-12(25)7-26-17-21-15-13(22-23-17)10-5-3-4-6-11(10)19-15/h3-6H,7H2,1-2H3,(H,18,20,25)(H,19,21,23). The summed E-state index contributed by atoms with van der Waals surface area (Å²) in [6.07, 6.45) is 0. The van der Waals surface area contributed by atoms with E-state index in [1.54, 1.807) is 6.92 Å². The third kappa shape index (κ3) is 3.53. The molecule has 0 saturated carbocycles. The van der Waals surface area contributed by atoms with Crippen LogP contribution in [0.25, 0.3) is 22.1 Å². The highest BCUT2D eigenvalue weighted by molar-refractivity contribution is 7.99. The molecule has 0 fully saturated rings. The van der Waals surface area contributed by atoms with Crippen molar-refractivity contribution in [3.63, 3.8) is 0 Å². The van der Waals surface area contributed by atoms with Gasteiger partial charge >= 0.3 is 0 Å². The van der Waals surface area contributed by atoms with Gasteiger partial charge in [0.15, 0.2) is 16.6 Å². The molecule has 0 atom stereocenters. The number of benzene rings is 1. The van der Waals surface area contributed by atoms with E-state index in [9.17, 15) is 9.59 Å². The van der Waals surface area contributed by atoms with Crippen LogP contribution in [-0.2, 0) is 4.79 Å². The zero-order valence-electron chi connectivity index (χ0n) is 14.4. The Morgan fingerprint density at radius 1 is 1.22 bits per heavy atom. The normalized spacial score (nSPS) is 11.2. The Labute approximate surface area is 161 Å². The molecule has 0 aliphatic heterocycles. The molecule has 3 heterocycles. The first-order valence-corrected chi connectivity index (χ1v) is 9.83. The van der Waals surface area contributed by atoms with Crippen LogP contribution < -0.4 is 5.32 Å². The molecule has 2 N–H and O–H groups in total. The lowest BCUT2D eigenvalue weighted by atomic mass is 10.2. The molecule has 27 heavy (non-hydrogen) atoms. The molecular weight excluding hydrogens is 384 g/mol. The van der Waals surface area contributed by atoms with Crippen LogP contribution >= 0.6 is 23.1 Å². The average Bonchev–Trinajstić information content (AvgIpc) is 3.19. The summed E-state index contributed by atoms with van der Waals surface area (Å²) in [6, 6.07) is 7.77. The summed E-state index contributed by atoms with van der Waals surface area (Å²) in [6.45, 7) is 3.22. The number of carbonyl (C=O) groups is 2. The highest BCUT2D eigenvalue weighted by atomic mass is 32.2. The predicted octanol–water partition coefficient (Wildman–Crippen LogP) is 3.20. The summed E-state index contributed by atoms with van der Waals surface area (Å²) in [5, 5.41) is 12.8. The number of H-pyrrole nitrogens is 1. The zero-order valence-corrected chi connectivity index (χ0v) is 16.1. The molecule has 0 unspecified atom stereocenters. The number of aryl methyl sites for hydroxylation is 1. The summed E-state index contributed by atoms with van der Waals surface area (Å²) in [7, 11) is 0. The summed E-state index contributed by atoms with van der Waals surface area (Å²) >= 11 is 2.35. The number of ketones is 1. The van der Waals surface area contributed by atoms with Crippen molar-refractivity contribution in [2.75, 3.05) is 11.1 Å². The quantitative estimate of drug-likeness (QED) is 0.392. The van der Waals surface area contributed by atoms with Crippen LogP contribution in [0, 0.1) is 6.92 Å². The van der Waals surface area contributed by atoms with Gasteiger partial charge in [-0.25, -0.2) is 9.97 Å². The highest BCUT2D eigenvalue weighted by Crippen LogP contribution is 2.25. The van der Waals surface area contributed by atoms with E-state index in [0.29, 0.717) is 32.0 Å². The molecule has 0 radical (unpaired) electrons. The van der Waals surface area contributed by atoms with E-state index in [0.717, 1.165) is 10.9 Å². The predicted molar refractivity (Wildman–Crippen MR) is 105 cm³/mol. The van der Waals surface area contributed by atoms with Crippen LogP contribution in [-0.4, -0.2) is 42.6 Å². The summed E-state index contributed by atoms with van der Waals surface area (Å²) < 4.78 is 0. The number of aromatic nitrogens is 5. The first kappa shape index (κ1) is 17.6. The first-order chi connectivity index (χ1) is 13.0. The minimum absolute atomic E-state index is 0.0639. The average molecular weight is 398 g/mol. The van der Waals surface area contributed by atoms with Crippen LogP contribution in [0.3, 0.4) is 0 Å². The minimum atomic E-state index is -0.246. The smallest absolute Gasteiger partial charge is 0.236 e.